The number of nitrogens with zero attached hydrogens (tertiary/aromatic N) is 3. The molecular weight excluding hydrogens is 374 g/mol. The molecule has 28 heavy (non-hydrogen) atoms. The number of amides is 2. The van der Waals surface area contributed by atoms with E-state index in [4.69, 9.17) is 5.11 Å². The summed E-state index contributed by atoms with van der Waals surface area (Å²) in [5, 5.41) is 21.6. The van der Waals surface area contributed by atoms with Gasteiger partial charge in [-0.2, -0.15) is 0 Å². The van der Waals surface area contributed by atoms with Gasteiger partial charge in [-0.3, -0.25) is 9.69 Å². The van der Waals surface area contributed by atoms with E-state index in [0.717, 1.165) is 4.90 Å². The van der Waals surface area contributed by atoms with Crippen molar-refractivity contribution in [2.45, 2.75) is 31.5 Å². The van der Waals surface area contributed by atoms with E-state index in [1.807, 2.05) is 0 Å². The van der Waals surface area contributed by atoms with Crippen molar-refractivity contribution in [1.29, 1.82) is 0 Å². The van der Waals surface area contributed by atoms with Crippen LogP contribution in [0.3, 0.4) is 0 Å². The number of halogens is 2. The zero-order chi connectivity index (χ0) is 20.3. The second-order valence-corrected chi connectivity index (χ2v) is 6.31. The first-order chi connectivity index (χ1) is 13.4. The highest BCUT2D eigenvalue weighted by atomic mass is 19.3. The predicted octanol–water partition coefficient (Wildman–Crippen LogP) is 1.81. The minimum atomic E-state index is -2.55. The van der Waals surface area contributed by atoms with E-state index < -0.39 is 30.6 Å². The SMILES string of the molecule is O=C(NCc1cc(-c2ccc(C(F)F)cc2)ncn1)[C@@H]1[C@H](O)CCN1C(=O)O. The van der Waals surface area contributed by atoms with Crippen LogP contribution in [-0.2, 0) is 11.3 Å². The molecule has 2 heterocycles. The standard InChI is InChI=1S/C18H18F2N4O4/c19-16(20)11-3-1-10(2-4-11)13-7-12(22-9-23-13)8-21-17(26)15-14(25)5-6-24(15)18(27)28/h1-4,7,9,14-16,25H,5-6,8H2,(H,21,26)(H,27,28)/t14-,15+/m1/s1. The van der Waals surface area contributed by atoms with Crippen molar-refractivity contribution in [3.8, 4) is 11.3 Å². The first kappa shape index (κ1) is 19.6. The molecule has 1 saturated heterocycles. The van der Waals surface area contributed by atoms with Gasteiger partial charge in [0.25, 0.3) is 6.43 Å². The molecule has 3 N–H and O–H groups in total. The largest absolute Gasteiger partial charge is 0.465 e. The molecule has 2 atom stereocenters. The number of rotatable bonds is 5. The molecular formula is C18H18F2N4O4. The zero-order valence-electron chi connectivity index (χ0n) is 14.6. The molecule has 1 aliphatic rings. The minimum absolute atomic E-state index is 0.000149. The molecule has 0 aliphatic carbocycles. The van der Waals surface area contributed by atoms with Gasteiger partial charge in [0, 0.05) is 17.7 Å². The first-order valence-electron chi connectivity index (χ1n) is 8.51. The van der Waals surface area contributed by atoms with E-state index >= 15 is 0 Å². The van der Waals surface area contributed by atoms with E-state index in [0.29, 0.717) is 17.0 Å². The molecule has 8 nitrogen and oxygen atoms in total. The number of hydrogen-bond donors (Lipinski definition) is 3. The van der Waals surface area contributed by atoms with Crippen LogP contribution in [0.5, 0.6) is 0 Å². The molecule has 10 heteroatoms. The molecule has 1 aliphatic heterocycles. The lowest BCUT2D eigenvalue weighted by atomic mass is 10.1. The molecule has 2 aromatic rings. The van der Waals surface area contributed by atoms with Crippen LogP contribution in [0.1, 0.15) is 24.1 Å². The van der Waals surface area contributed by atoms with Gasteiger partial charge in [0.1, 0.15) is 12.4 Å². The number of carboxylic acid groups (broad SMARTS) is 1. The number of alkyl halides is 2. The number of aromatic nitrogens is 2. The molecule has 3 rings (SSSR count). The molecule has 0 unspecified atom stereocenters. The van der Waals surface area contributed by atoms with Gasteiger partial charge in [-0.05, 0) is 12.5 Å². The van der Waals surface area contributed by atoms with Crippen molar-refractivity contribution in [3.63, 3.8) is 0 Å². The lowest BCUT2D eigenvalue weighted by Crippen LogP contribution is -2.49. The predicted molar refractivity (Wildman–Crippen MR) is 93.4 cm³/mol. The smallest absolute Gasteiger partial charge is 0.408 e. The van der Waals surface area contributed by atoms with Gasteiger partial charge < -0.3 is 15.5 Å². The number of carbonyl (C=O) groups is 2. The molecule has 1 aromatic heterocycles. The number of aliphatic hydroxyl groups excluding tert-OH is 1. The van der Waals surface area contributed by atoms with Crippen LogP contribution in [0.2, 0.25) is 0 Å². The van der Waals surface area contributed by atoms with Crippen LogP contribution in [0.15, 0.2) is 36.7 Å². The number of hydrogen-bond acceptors (Lipinski definition) is 5. The Morgan fingerprint density at radius 2 is 1.96 bits per heavy atom. The van der Waals surface area contributed by atoms with Crippen LogP contribution >= 0.6 is 0 Å². The van der Waals surface area contributed by atoms with Gasteiger partial charge in [0.2, 0.25) is 5.91 Å². The Labute approximate surface area is 158 Å². The lowest BCUT2D eigenvalue weighted by Gasteiger charge is -2.22. The van der Waals surface area contributed by atoms with Crippen LogP contribution in [0.25, 0.3) is 11.3 Å². The van der Waals surface area contributed by atoms with E-state index in [1.165, 1.54) is 30.6 Å². The van der Waals surface area contributed by atoms with Crippen LogP contribution in [0, 0.1) is 0 Å². The van der Waals surface area contributed by atoms with Gasteiger partial charge in [-0.15, -0.1) is 0 Å². The van der Waals surface area contributed by atoms with E-state index in [9.17, 15) is 23.5 Å². The molecule has 1 fully saturated rings. The third kappa shape index (κ3) is 4.22. The van der Waals surface area contributed by atoms with Gasteiger partial charge in [-0.25, -0.2) is 23.5 Å². The lowest BCUT2D eigenvalue weighted by molar-refractivity contribution is -0.127. The molecule has 0 radical (unpaired) electrons. The van der Waals surface area contributed by atoms with Crippen molar-refractivity contribution in [1.82, 2.24) is 20.2 Å². The normalized spacial score (nSPS) is 19.1. The third-order valence-corrected chi connectivity index (χ3v) is 4.51. The van der Waals surface area contributed by atoms with E-state index in [2.05, 4.69) is 15.3 Å². The second-order valence-electron chi connectivity index (χ2n) is 6.31. The maximum absolute atomic E-state index is 12.7. The van der Waals surface area contributed by atoms with Crippen molar-refractivity contribution in [2.75, 3.05) is 6.54 Å². The summed E-state index contributed by atoms with van der Waals surface area (Å²) in [6, 6.07) is 6.09. The Morgan fingerprint density at radius 1 is 1.25 bits per heavy atom. The minimum Gasteiger partial charge on any atom is -0.465 e. The number of likely N-dealkylation sites (tertiary alicyclic amines) is 1. The molecule has 0 bridgehead atoms. The molecule has 1 aromatic carbocycles. The molecule has 0 saturated carbocycles. The Morgan fingerprint density at radius 3 is 2.61 bits per heavy atom. The summed E-state index contributed by atoms with van der Waals surface area (Å²) in [5.41, 5.74) is 1.46. The summed E-state index contributed by atoms with van der Waals surface area (Å²) in [6.45, 7) is 0.0843. The molecule has 148 valence electrons. The highest BCUT2D eigenvalue weighted by Gasteiger charge is 2.40. The fourth-order valence-electron chi connectivity index (χ4n) is 3.04. The third-order valence-electron chi connectivity index (χ3n) is 4.51. The number of aliphatic hydroxyl groups is 1. The zero-order valence-corrected chi connectivity index (χ0v) is 14.6. The Balaban J connectivity index is 1.68. The van der Waals surface area contributed by atoms with Gasteiger partial charge in [-0.1, -0.05) is 24.3 Å². The monoisotopic (exact) mass is 392 g/mol. The first-order valence-corrected chi connectivity index (χ1v) is 8.51. The fraction of sp³-hybridized carbons (Fsp3) is 0.333. The van der Waals surface area contributed by atoms with E-state index in [-0.39, 0.29) is 25.1 Å². The highest BCUT2D eigenvalue weighted by Crippen LogP contribution is 2.23. The van der Waals surface area contributed by atoms with Crippen LogP contribution in [-0.4, -0.2) is 55.8 Å². The number of benzene rings is 1. The average molecular weight is 392 g/mol. The number of nitrogens with one attached hydrogen (secondary N) is 1. The number of carbonyl (C=O) groups excluding carboxylic acids is 1. The Hall–Kier alpha value is -3.14. The van der Waals surface area contributed by atoms with Crippen molar-refractivity contribution < 1.29 is 28.6 Å². The average Bonchev–Trinajstić information content (AvgIpc) is 3.08. The summed E-state index contributed by atoms with van der Waals surface area (Å²) in [6.07, 6.45) is -3.41. The summed E-state index contributed by atoms with van der Waals surface area (Å²) >= 11 is 0. The summed E-state index contributed by atoms with van der Waals surface area (Å²) in [4.78, 5) is 32.5. The van der Waals surface area contributed by atoms with Crippen LogP contribution < -0.4 is 5.32 Å². The van der Waals surface area contributed by atoms with Crippen molar-refractivity contribution in [3.05, 3.63) is 47.9 Å². The van der Waals surface area contributed by atoms with Gasteiger partial charge in [0.15, 0.2) is 0 Å². The van der Waals surface area contributed by atoms with E-state index in [1.54, 1.807) is 6.07 Å². The maximum atomic E-state index is 12.7. The Kier molecular flexibility index (Phi) is 5.78. The van der Waals surface area contributed by atoms with Gasteiger partial charge in [0.05, 0.1) is 24.0 Å². The quantitative estimate of drug-likeness (QED) is 0.715. The van der Waals surface area contributed by atoms with Crippen LogP contribution in [0.4, 0.5) is 13.6 Å². The van der Waals surface area contributed by atoms with Crippen molar-refractivity contribution >= 4 is 12.0 Å². The topological polar surface area (TPSA) is 116 Å². The molecule has 2 amide bonds. The summed E-state index contributed by atoms with van der Waals surface area (Å²) < 4.78 is 25.3. The fourth-order valence-corrected chi connectivity index (χ4v) is 3.04. The van der Waals surface area contributed by atoms with Gasteiger partial charge >= 0.3 is 6.09 Å². The summed E-state index contributed by atoms with van der Waals surface area (Å²) in [5.74, 6) is -0.617. The Bertz CT molecular complexity index is 863. The maximum Gasteiger partial charge on any atom is 0.408 e. The summed E-state index contributed by atoms with van der Waals surface area (Å²) in [7, 11) is 0. The highest BCUT2D eigenvalue weighted by molar-refractivity contribution is 5.86. The second kappa shape index (κ2) is 8.26. The molecule has 0 spiro atoms. The van der Waals surface area contributed by atoms with Crippen molar-refractivity contribution in [2.24, 2.45) is 0 Å².